The van der Waals surface area contributed by atoms with Crippen LogP contribution in [0, 0.1) is 10.8 Å². The Bertz CT molecular complexity index is 466. The third-order valence-electron chi connectivity index (χ3n) is 3.77. The normalized spacial score (nSPS) is 28.8. The van der Waals surface area contributed by atoms with Gasteiger partial charge in [-0.3, -0.25) is 9.59 Å². The molecule has 0 aromatic rings. The number of Topliss-reactive ketones (excluding diaryl/α,β-unsaturated/α-hetero) is 2. The SMILES string of the molecule is CC1(C)CC2=C(OO1)C(C)(C)C(=O)C(C)(C)C2=O. The molecule has 0 atom stereocenters. The Labute approximate surface area is 107 Å². The van der Waals surface area contributed by atoms with E-state index in [0.29, 0.717) is 17.8 Å². The molecule has 1 heterocycles. The van der Waals surface area contributed by atoms with Gasteiger partial charge in [0.1, 0.15) is 5.60 Å². The Hall–Kier alpha value is -1.16. The summed E-state index contributed by atoms with van der Waals surface area (Å²) in [4.78, 5) is 35.4. The second-order valence-electron chi connectivity index (χ2n) is 6.82. The molecule has 2 rings (SSSR count). The average Bonchev–Trinajstić information content (AvgIpc) is 2.23. The van der Waals surface area contributed by atoms with Crippen LogP contribution in [-0.2, 0) is 19.4 Å². The summed E-state index contributed by atoms with van der Waals surface area (Å²) < 4.78 is 0. The molecule has 100 valence electrons. The van der Waals surface area contributed by atoms with Gasteiger partial charge in [0.15, 0.2) is 17.3 Å². The van der Waals surface area contributed by atoms with Gasteiger partial charge in [0.2, 0.25) is 0 Å². The molecule has 0 saturated heterocycles. The van der Waals surface area contributed by atoms with Crippen LogP contribution in [0.15, 0.2) is 11.3 Å². The molecule has 18 heavy (non-hydrogen) atoms. The number of hydrogen-bond donors (Lipinski definition) is 0. The summed E-state index contributed by atoms with van der Waals surface area (Å²) in [6.07, 6.45) is 0.474. The third-order valence-corrected chi connectivity index (χ3v) is 3.77. The predicted octanol–water partition coefficient (Wildman–Crippen LogP) is 2.58. The number of allylic oxidation sites excluding steroid dienone is 1. The Morgan fingerprint density at radius 3 is 2.06 bits per heavy atom. The van der Waals surface area contributed by atoms with Gasteiger partial charge in [0.05, 0.1) is 10.8 Å². The van der Waals surface area contributed by atoms with Crippen molar-refractivity contribution in [3.63, 3.8) is 0 Å². The van der Waals surface area contributed by atoms with Gasteiger partial charge in [-0.2, -0.15) is 4.89 Å². The van der Waals surface area contributed by atoms with E-state index in [-0.39, 0.29) is 11.6 Å². The fraction of sp³-hybridized carbons (Fsp3) is 0.714. The second-order valence-corrected chi connectivity index (χ2v) is 6.82. The summed E-state index contributed by atoms with van der Waals surface area (Å²) in [7, 11) is 0. The number of hydrogen-bond acceptors (Lipinski definition) is 4. The maximum Gasteiger partial charge on any atom is 0.175 e. The summed E-state index contributed by atoms with van der Waals surface area (Å²) in [6.45, 7) is 10.7. The molecule has 0 radical (unpaired) electrons. The minimum atomic E-state index is -0.987. The van der Waals surface area contributed by atoms with E-state index in [2.05, 4.69) is 0 Å². The van der Waals surface area contributed by atoms with Gasteiger partial charge in [-0.25, -0.2) is 0 Å². The lowest BCUT2D eigenvalue weighted by Gasteiger charge is -2.44. The molecule has 4 heteroatoms. The fourth-order valence-corrected chi connectivity index (χ4v) is 2.77. The van der Waals surface area contributed by atoms with Crippen LogP contribution in [0.4, 0.5) is 0 Å². The molecule has 0 spiro atoms. The van der Waals surface area contributed by atoms with Crippen molar-refractivity contribution in [1.82, 2.24) is 0 Å². The summed E-state index contributed by atoms with van der Waals surface area (Å²) in [5.74, 6) is 0.122. The molecular weight excluding hydrogens is 232 g/mol. The molecule has 0 aromatic heterocycles. The lowest BCUT2D eigenvalue weighted by molar-refractivity contribution is -0.344. The van der Waals surface area contributed by atoms with E-state index in [1.54, 1.807) is 27.7 Å². The zero-order valence-corrected chi connectivity index (χ0v) is 11.8. The molecule has 2 aliphatic rings. The van der Waals surface area contributed by atoms with Crippen molar-refractivity contribution in [1.29, 1.82) is 0 Å². The van der Waals surface area contributed by atoms with Crippen molar-refractivity contribution >= 4 is 11.6 Å². The van der Waals surface area contributed by atoms with Crippen LogP contribution >= 0.6 is 0 Å². The van der Waals surface area contributed by atoms with E-state index in [0.717, 1.165) is 0 Å². The van der Waals surface area contributed by atoms with Crippen LogP contribution in [-0.4, -0.2) is 17.2 Å². The monoisotopic (exact) mass is 252 g/mol. The Kier molecular flexibility index (Phi) is 2.54. The molecule has 1 aliphatic heterocycles. The first-order valence-electron chi connectivity index (χ1n) is 6.19. The predicted molar refractivity (Wildman–Crippen MR) is 65.5 cm³/mol. The van der Waals surface area contributed by atoms with Crippen molar-refractivity contribution in [2.45, 2.75) is 53.6 Å². The van der Waals surface area contributed by atoms with Crippen molar-refractivity contribution in [3.05, 3.63) is 11.3 Å². The number of rotatable bonds is 0. The topological polar surface area (TPSA) is 52.6 Å². The maximum atomic E-state index is 12.5. The third kappa shape index (κ3) is 1.62. The van der Waals surface area contributed by atoms with E-state index in [9.17, 15) is 9.59 Å². The minimum Gasteiger partial charge on any atom is -0.340 e. The summed E-state index contributed by atoms with van der Waals surface area (Å²) in [5.41, 5.74) is -1.75. The lowest BCUT2D eigenvalue weighted by atomic mass is 9.62. The molecule has 4 nitrogen and oxygen atoms in total. The summed E-state index contributed by atoms with van der Waals surface area (Å²) in [5, 5.41) is 0. The van der Waals surface area contributed by atoms with Crippen LogP contribution < -0.4 is 0 Å². The average molecular weight is 252 g/mol. The molecule has 1 aliphatic carbocycles. The molecule has 0 N–H and O–H groups in total. The molecule has 0 amide bonds. The molecule has 0 unspecified atom stereocenters. The highest BCUT2D eigenvalue weighted by Gasteiger charge is 2.56. The van der Waals surface area contributed by atoms with Crippen LogP contribution in [0.3, 0.4) is 0 Å². The van der Waals surface area contributed by atoms with Gasteiger partial charge in [-0.15, -0.1) is 0 Å². The molecule has 0 fully saturated rings. The molecule has 0 bridgehead atoms. The number of carbonyl (C=O) groups is 2. The maximum absolute atomic E-state index is 12.5. The zero-order valence-electron chi connectivity index (χ0n) is 11.8. The van der Waals surface area contributed by atoms with Gasteiger partial charge in [0, 0.05) is 12.0 Å². The minimum absolute atomic E-state index is 0.123. The van der Waals surface area contributed by atoms with Gasteiger partial charge in [0.25, 0.3) is 0 Å². The molecular formula is C14H20O4. The quantitative estimate of drug-likeness (QED) is 0.491. The Morgan fingerprint density at radius 1 is 0.944 bits per heavy atom. The summed E-state index contributed by atoms with van der Waals surface area (Å²) >= 11 is 0. The smallest absolute Gasteiger partial charge is 0.175 e. The van der Waals surface area contributed by atoms with E-state index in [1.807, 2.05) is 13.8 Å². The lowest BCUT2D eigenvalue weighted by Crippen LogP contribution is -2.52. The van der Waals surface area contributed by atoms with Crippen LogP contribution in [0.25, 0.3) is 0 Å². The largest absolute Gasteiger partial charge is 0.340 e. The van der Waals surface area contributed by atoms with Crippen molar-refractivity contribution in [2.75, 3.05) is 0 Å². The zero-order chi connectivity index (χ0) is 13.9. The highest BCUT2D eigenvalue weighted by Crippen LogP contribution is 2.49. The summed E-state index contributed by atoms with van der Waals surface area (Å²) in [6, 6.07) is 0. The van der Waals surface area contributed by atoms with Crippen molar-refractivity contribution in [3.8, 4) is 0 Å². The van der Waals surface area contributed by atoms with Gasteiger partial charge < -0.3 is 4.89 Å². The molecule has 0 saturated carbocycles. The van der Waals surface area contributed by atoms with Crippen LogP contribution in [0.1, 0.15) is 48.0 Å². The van der Waals surface area contributed by atoms with E-state index in [1.165, 1.54) is 0 Å². The Balaban J connectivity index is 2.61. The van der Waals surface area contributed by atoms with Crippen LogP contribution in [0.2, 0.25) is 0 Å². The van der Waals surface area contributed by atoms with Gasteiger partial charge >= 0.3 is 0 Å². The first-order chi connectivity index (χ1) is 8.00. The van der Waals surface area contributed by atoms with E-state index in [4.69, 9.17) is 9.78 Å². The first kappa shape index (κ1) is 13.3. The highest BCUT2D eigenvalue weighted by atomic mass is 17.2. The number of carbonyl (C=O) groups excluding carboxylic acids is 2. The number of ketones is 2. The highest BCUT2D eigenvalue weighted by molar-refractivity contribution is 6.19. The second kappa shape index (κ2) is 3.44. The molecule has 0 aromatic carbocycles. The van der Waals surface area contributed by atoms with Crippen molar-refractivity contribution < 1.29 is 19.4 Å². The fourth-order valence-electron chi connectivity index (χ4n) is 2.77. The van der Waals surface area contributed by atoms with E-state index < -0.39 is 16.4 Å². The first-order valence-corrected chi connectivity index (χ1v) is 6.19. The van der Waals surface area contributed by atoms with Gasteiger partial charge in [-0.1, -0.05) is 0 Å². The van der Waals surface area contributed by atoms with Crippen molar-refractivity contribution in [2.24, 2.45) is 10.8 Å². The standard InChI is InChI=1S/C14H20O4/c1-12(2)7-8-9(15)13(3,4)11(16)14(5,6)10(8)17-18-12/h7H2,1-6H3. The van der Waals surface area contributed by atoms with Crippen LogP contribution in [0.5, 0.6) is 0 Å². The Morgan fingerprint density at radius 2 is 1.50 bits per heavy atom. The van der Waals surface area contributed by atoms with Gasteiger partial charge in [-0.05, 0) is 41.5 Å². The van der Waals surface area contributed by atoms with E-state index >= 15 is 0 Å².